The third-order valence-corrected chi connectivity index (χ3v) is 2.87. The molecule has 3 heteroatoms. The summed E-state index contributed by atoms with van der Waals surface area (Å²) in [6.45, 7) is 3.31. The molecule has 82 valence electrons. The van der Waals surface area contributed by atoms with E-state index in [4.69, 9.17) is 0 Å². The summed E-state index contributed by atoms with van der Waals surface area (Å²) in [7, 11) is 2.17. The molecule has 0 saturated carbocycles. The van der Waals surface area contributed by atoms with E-state index in [9.17, 15) is 0 Å². The molecule has 2 heterocycles. The number of pyridine rings is 1. The van der Waals surface area contributed by atoms with Gasteiger partial charge in [0.25, 0.3) is 0 Å². The Balaban J connectivity index is 1.79. The van der Waals surface area contributed by atoms with E-state index in [1.165, 1.54) is 24.9 Å². The van der Waals surface area contributed by atoms with Crippen LogP contribution in [0.3, 0.4) is 0 Å². The Kier molecular flexibility index (Phi) is 3.69. The van der Waals surface area contributed by atoms with Crippen molar-refractivity contribution in [3.05, 3.63) is 30.1 Å². The lowest BCUT2D eigenvalue weighted by atomic mass is 10.2. The van der Waals surface area contributed by atoms with Crippen LogP contribution < -0.4 is 5.32 Å². The molecule has 0 spiro atoms. The highest BCUT2D eigenvalue weighted by Gasteiger charge is 2.15. The van der Waals surface area contributed by atoms with Crippen LogP contribution in [-0.2, 0) is 6.54 Å². The molecule has 0 aliphatic carbocycles. The van der Waals surface area contributed by atoms with Crippen LogP contribution in [-0.4, -0.2) is 36.1 Å². The lowest BCUT2D eigenvalue weighted by molar-refractivity contribution is 0.293. The number of rotatable bonds is 4. The predicted molar refractivity (Wildman–Crippen MR) is 61.6 cm³/mol. The lowest BCUT2D eigenvalue weighted by Gasteiger charge is -2.20. The van der Waals surface area contributed by atoms with Crippen LogP contribution in [0.15, 0.2) is 24.5 Å². The molecule has 1 saturated heterocycles. The van der Waals surface area contributed by atoms with Gasteiger partial charge in [-0.1, -0.05) is 6.07 Å². The first-order valence-corrected chi connectivity index (χ1v) is 5.65. The molecular formula is C12H19N3. The summed E-state index contributed by atoms with van der Waals surface area (Å²) >= 11 is 0. The fourth-order valence-corrected chi connectivity index (χ4v) is 2.16. The van der Waals surface area contributed by atoms with Crippen molar-refractivity contribution in [2.45, 2.75) is 25.4 Å². The number of hydrogen-bond donors (Lipinski definition) is 1. The van der Waals surface area contributed by atoms with Crippen LogP contribution in [0.5, 0.6) is 0 Å². The molecule has 1 aromatic rings. The monoisotopic (exact) mass is 205 g/mol. The molecule has 0 aromatic carbocycles. The minimum Gasteiger partial charge on any atom is -0.313 e. The van der Waals surface area contributed by atoms with E-state index in [-0.39, 0.29) is 0 Å². The molecule has 2 rings (SSSR count). The van der Waals surface area contributed by atoms with E-state index in [1.54, 1.807) is 0 Å². The summed E-state index contributed by atoms with van der Waals surface area (Å²) in [5.41, 5.74) is 1.29. The highest BCUT2D eigenvalue weighted by molar-refractivity contribution is 5.07. The van der Waals surface area contributed by atoms with Crippen molar-refractivity contribution in [3.8, 4) is 0 Å². The molecule has 3 nitrogen and oxygen atoms in total. The van der Waals surface area contributed by atoms with Gasteiger partial charge >= 0.3 is 0 Å². The van der Waals surface area contributed by atoms with E-state index in [2.05, 4.69) is 28.3 Å². The number of hydrogen-bond acceptors (Lipinski definition) is 3. The summed E-state index contributed by atoms with van der Waals surface area (Å²) in [5, 5.41) is 3.52. The number of aromatic nitrogens is 1. The van der Waals surface area contributed by atoms with Crippen molar-refractivity contribution < 1.29 is 0 Å². The molecule has 1 fully saturated rings. The van der Waals surface area contributed by atoms with Crippen molar-refractivity contribution in [1.29, 1.82) is 0 Å². The fraction of sp³-hybridized carbons (Fsp3) is 0.583. The fourth-order valence-electron chi connectivity index (χ4n) is 2.16. The SMILES string of the molecule is CN(Cc1cccnc1)C[C@@H]1CCCN1. The molecule has 1 atom stereocenters. The predicted octanol–water partition coefficient (Wildman–Crippen LogP) is 1.27. The highest BCUT2D eigenvalue weighted by atomic mass is 15.1. The first kappa shape index (κ1) is 10.6. The molecule has 1 aliphatic rings. The van der Waals surface area contributed by atoms with Gasteiger partial charge < -0.3 is 10.2 Å². The minimum absolute atomic E-state index is 0.687. The van der Waals surface area contributed by atoms with E-state index in [0.717, 1.165) is 13.1 Å². The van der Waals surface area contributed by atoms with Gasteiger partial charge in [-0.05, 0) is 38.1 Å². The smallest absolute Gasteiger partial charge is 0.0312 e. The molecule has 0 unspecified atom stereocenters. The van der Waals surface area contributed by atoms with Crippen molar-refractivity contribution in [2.75, 3.05) is 20.1 Å². The van der Waals surface area contributed by atoms with E-state index >= 15 is 0 Å². The van der Waals surface area contributed by atoms with Crippen LogP contribution in [0.2, 0.25) is 0 Å². The van der Waals surface area contributed by atoms with Crippen molar-refractivity contribution in [2.24, 2.45) is 0 Å². The Morgan fingerprint density at radius 1 is 1.60 bits per heavy atom. The largest absolute Gasteiger partial charge is 0.313 e. The van der Waals surface area contributed by atoms with Gasteiger partial charge in [-0.3, -0.25) is 4.98 Å². The minimum atomic E-state index is 0.687. The third kappa shape index (κ3) is 3.29. The first-order chi connectivity index (χ1) is 7.34. The zero-order chi connectivity index (χ0) is 10.5. The van der Waals surface area contributed by atoms with Gasteiger partial charge in [0.2, 0.25) is 0 Å². The summed E-state index contributed by atoms with van der Waals surface area (Å²) in [5.74, 6) is 0. The summed E-state index contributed by atoms with van der Waals surface area (Å²) < 4.78 is 0. The van der Waals surface area contributed by atoms with E-state index < -0.39 is 0 Å². The van der Waals surface area contributed by atoms with Crippen LogP contribution in [0, 0.1) is 0 Å². The van der Waals surface area contributed by atoms with Crippen LogP contribution in [0.1, 0.15) is 18.4 Å². The topological polar surface area (TPSA) is 28.2 Å². The molecule has 1 N–H and O–H groups in total. The van der Waals surface area contributed by atoms with Crippen molar-refractivity contribution >= 4 is 0 Å². The van der Waals surface area contributed by atoms with Gasteiger partial charge in [-0.2, -0.15) is 0 Å². The normalized spacial score (nSPS) is 21.1. The van der Waals surface area contributed by atoms with Crippen molar-refractivity contribution in [1.82, 2.24) is 15.2 Å². The van der Waals surface area contributed by atoms with Gasteiger partial charge in [0.15, 0.2) is 0 Å². The van der Waals surface area contributed by atoms with Gasteiger partial charge in [-0.15, -0.1) is 0 Å². The molecule has 1 aliphatic heterocycles. The lowest BCUT2D eigenvalue weighted by Crippen LogP contribution is -2.34. The van der Waals surface area contributed by atoms with Crippen LogP contribution in [0.25, 0.3) is 0 Å². The Hall–Kier alpha value is -0.930. The summed E-state index contributed by atoms with van der Waals surface area (Å²) in [6.07, 6.45) is 6.41. The average molecular weight is 205 g/mol. The maximum atomic E-state index is 4.13. The molecule has 15 heavy (non-hydrogen) atoms. The Labute approximate surface area is 91.5 Å². The second-order valence-corrected chi connectivity index (χ2v) is 4.35. The summed E-state index contributed by atoms with van der Waals surface area (Å²) in [4.78, 5) is 6.49. The van der Waals surface area contributed by atoms with Gasteiger partial charge in [-0.25, -0.2) is 0 Å². The molecule has 1 aromatic heterocycles. The standard InChI is InChI=1S/C12H19N3/c1-15(10-12-5-3-7-14-12)9-11-4-2-6-13-8-11/h2,4,6,8,12,14H,3,5,7,9-10H2,1H3/t12-/m0/s1. The van der Waals surface area contributed by atoms with Crippen LogP contribution >= 0.6 is 0 Å². The van der Waals surface area contributed by atoms with Gasteiger partial charge in [0.1, 0.15) is 0 Å². The Morgan fingerprint density at radius 2 is 2.53 bits per heavy atom. The van der Waals surface area contributed by atoms with E-state index in [0.29, 0.717) is 6.04 Å². The third-order valence-electron chi connectivity index (χ3n) is 2.87. The Bertz CT molecular complexity index is 280. The quantitative estimate of drug-likeness (QED) is 0.802. The molecule has 0 bridgehead atoms. The maximum absolute atomic E-state index is 4.13. The number of nitrogens with one attached hydrogen (secondary N) is 1. The highest BCUT2D eigenvalue weighted by Crippen LogP contribution is 2.08. The second-order valence-electron chi connectivity index (χ2n) is 4.35. The van der Waals surface area contributed by atoms with Crippen LogP contribution in [0.4, 0.5) is 0 Å². The molecule has 0 radical (unpaired) electrons. The van der Waals surface area contributed by atoms with Gasteiger partial charge in [0, 0.05) is 31.5 Å². The first-order valence-electron chi connectivity index (χ1n) is 5.65. The maximum Gasteiger partial charge on any atom is 0.0312 e. The number of nitrogens with zero attached hydrogens (tertiary/aromatic N) is 2. The molecular weight excluding hydrogens is 186 g/mol. The summed E-state index contributed by atoms with van der Waals surface area (Å²) in [6, 6.07) is 4.81. The average Bonchev–Trinajstić information content (AvgIpc) is 2.71. The Morgan fingerprint density at radius 3 is 3.20 bits per heavy atom. The zero-order valence-corrected chi connectivity index (χ0v) is 9.32. The van der Waals surface area contributed by atoms with E-state index in [1.807, 2.05) is 18.5 Å². The van der Waals surface area contributed by atoms with Crippen molar-refractivity contribution in [3.63, 3.8) is 0 Å². The second kappa shape index (κ2) is 5.24. The molecule has 0 amide bonds. The number of likely N-dealkylation sites (N-methyl/N-ethyl adjacent to an activating group) is 1. The zero-order valence-electron chi connectivity index (χ0n) is 9.32. The van der Waals surface area contributed by atoms with Gasteiger partial charge in [0.05, 0.1) is 0 Å².